The molecule has 1 heterocycles. The van der Waals surface area contributed by atoms with Crippen LogP contribution < -0.4 is 4.90 Å². The SMILES string of the molecule is Cc1ccc(C(C)(C)C)cc1/C(O)=C1\C(=O)C(=O)N(c2ccc(C(C)(C)C)cc2)C1c1ccccc1. The Morgan fingerprint density at radius 3 is 1.89 bits per heavy atom. The highest BCUT2D eigenvalue weighted by Crippen LogP contribution is 2.43. The predicted octanol–water partition coefficient (Wildman–Crippen LogP) is 7.22. The Kier molecular flexibility index (Phi) is 6.42. The summed E-state index contributed by atoms with van der Waals surface area (Å²) in [5.41, 5.74) is 4.91. The maximum Gasteiger partial charge on any atom is 0.300 e. The second-order valence-electron chi connectivity index (χ2n) is 11.7. The van der Waals surface area contributed by atoms with Gasteiger partial charge < -0.3 is 5.11 Å². The fourth-order valence-electron chi connectivity index (χ4n) is 4.66. The summed E-state index contributed by atoms with van der Waals surface area (Å²) in [6, 6.07) is 22.4. The number of aliphatic hydroxyl groups excluding tert-OH is 1. The first kappa shape index (κ1) is 25.4. The van der Waals surface area contributed by atoms with Crippen LogP contribution in [0.2, 0.25) is 0 Å². The van der Waals surface area contributed by atoms with E-state index in [1.807, 2.05) is 79.7 Å². The molecule has 1 saturated heterocycles. The van der Waals surface area contributed by atoms with E-state index in [0.717, 1.165) is 22.3 Å². The van der Waals surface area contributed by atoms with E-state index in [2.05, 4.69) is 41.5 Å². The smallest absolute Gasteiger partial charge is 0.300 e. The number of nitrogens with zero attached hydrogens (tertiary/aromatic N) is 1. The molecule has 1 N–H and O–H groups in total. The van der Waals surface area contributed by atoms with Gasteiger partial charge in [0.1, 0.15) is 5.76 Å². The van der Waals surface area contributed by atoms with E-state index in [1.165, 1.54) is 4.90 Å². The third-order valence-corrected chi connectivity index (χ3v) is 6.93. The zero-order chi connectivity index (χ0) is 26.4. The van der Waals surface area contributed by atoms with E-state index in [4.69, 9.17) is 0 Å². The minimum absolute atomic E-state index is 0.0405. The summed E-state index contributed by atoms with van der Waals surface area (Å²) in [5.74, 6) is -1.46. The van der Waals surface area contributed by atoms with Crippen molar-refractivity contribution in [1.29, 1.82) is 0 Å². The Labute approximate surface area is 214 Å². The van der Waals surface area contributed by atoms with Crippen molar-refractivity contribution in [1.82, 2.24) is 0 Å². The average Bonchev–Trinajstić information content (AvgIpc) is 3.09. The van der Waals surface area contributed by atoms with E-state index in [9.17, 15) is 14.7 Å². The summed E-state index contributed by atoms with van der Waals surface area (Å²) >= 11 is 0. The maximum atomic E-state index is 13.5. The minimum atomic E-state index is -0.732. The first-order valence-corrected chi connectivity index (χ1v) is 12.4. The molecule has 0 radical (unpaired) electrons. The van der Waals surface area contributed by atoms with Gasteiger partial charge in [-0.3, -0.25) is 14.5 Å². The molecule has 36 heavy (non-hydrogen) atoms. The van der Waals surface area contributed by atoms with Gasteiger partial charge in [0.15, 0.2) is 0 Å². The summed E-state index contributed by atoms with van der Waals surface area (Å²) in [7, 11) is 0. The van der Waals surface area contributed by atoms with Crippen molar-refractivity contribution in [2.24, 2.45) is 0 Å². The number of rotatable bonds is 3. The number of aliphatic hydroxyl groups is 1. The van der Waals surface area contributed by atoms with E-state index in [-0.39, 0.29) is 22.2 Å². The topological polar surface area (TPSA) is 57.6 Å². The molecule has 1 amide bonds. The number of aryl methyl sites for hydroxylation is 1. The molecule has 1 fully saturated rings. The van der Waals surface area contributed by atoms with Crippen LogP contribution in [0, 0.1) is 6.92 Å². The number of ketones is 1. The van der Waals surface area contributed by atoms with Gasteiger partial charge in [0.25, 0.3) is 11.7 Å². The molecule has 0 aliphatic carbocycles. The molecule has 4 nitrogen and oxygen atoms in total. The lowest BCUT2D eigenvalue weighted by Crippen LogP contribution is -2.29. The number of Topliss-reactive ketones (excluding diaryl/α,β-unsaturated/α-hetero) is 1. The standard InChI is InChI=1S/C32H35NO3/c1-20-13-14-23(32(5,6)7)19-25(20)28(34)26-27(21-11-9-8-10-12-21)33(30(36)29(26)35)24-17-15-22(16-18-24)31(2,3)4/h8-19,27,34H,1-7H3/b28-26+. The van der Waals surface area contributed by atoms with Gasteiger partial charge in [-0.2, -0.15) is 0 Å². The summed E-state index contributed by atoms with van der Waals surface area (Å²) in [6.45, 7) is 14.6. The first-order valence-electron chi connectivity index (χ1n) is 12.4. The molecule has 0 aromatic heterocycles. The van der Waals surface area contributed by atoms with E-state index < -0.39 is 17.7 Å². The minimum Gasteiger partial charge on any atom is -0.507 e. The zero-order valence-electron chi connectivity index (χ0n) is 22.2. The second-order valence-corrected chi connectivity index (χ2v) is 11.7. The Bertz CT molecular complexity index is 1340. The average molecular weight is 482 g/mol. The molecule has 3 aromatic rings. The van der Waals surface area contributed by atoms with Crippen LogP contribution in [0.1, 0.15) is 75.4 Å². The fraction of sp³-hybridized carbons (Fsp3) is 0.312. The molecule has 1 atom stereocenters. The summed E-state index contributed by atoms with van der Waals surface area (Å²) in [4.78, 5) is 28.5. The zero-order valence-corrected chi connectivity index (χ0v) is 22.2. The van der Waals surface area contributed by atoms with Gasteiger partial charge in [-0.05, 0) is 58.2 Å². The van der Waals surface area contributed by atoms with Crippen molar-refractivity contribution >= 4 is 23.1 Å². The third-order valence-electron chi connectivity index (χ3n) is 6.93. The molecule has 1 aliphatic rings. The van der Waals surface area contributed by atoms with Crippen LogP contribution in [0.15, 0.2) is 78.4 Å². The van der Waals surface area contributed by atoms with Crippen molar-refractivity contribution in [2.45, 2.75) is 65.3 Å². The normalized spacial score (nSPS) is 18.1. The molecule has 4 heteroatoms. The summed E-state index contributed by atoms with van der Waals surface area (Å²) in [5, 5.41) is 11.6. The number of hydrogen-bond donors (Lipinski definition) is 1. The van der Waals surface area contributed by atoms with Crippen LogP contribution in [0.25, 0.3) is 5.76 Å². The lowest BCUT2D eigenvalue weighted by atomic mass is 9.84. The van der Waals surface area contributed by atoms with Crippen LogP contribution in [-0.4, -0.2) is 16.8 Å². The van der Waals surface area contributed by atoms with Crippen LogP contribution >= 0.6 is 0 Å². The van der Waals surface area contributed by atoms with Crippen LogP contribution in [0.3, 0.4) is 0 Å². The van der Waals surface area contributed by atoms with E-state index in [0.29, 0.717) is 11.3 Å². The number of carbonyl (C=O) groups is 2. The van der Waals surface area contributed by atoms with Crippen LogP contribution in [-0.2, 0) is 20.4 Å². The van der Waals surface area contributed by atoms with Crippen molar-refractivity contribution < 1.29 is 14.7 Å². The Balaban J connectivity index is 1.93. The lowest BCUT2D eigenvalue weighted by molar-refractivity contribution is -0.132. The quantitative estimate of drug-likeness (QED) is 0.244. The van der Waals surface area contributed by atoms with Crippen LogP contribution in [0.4, 0.5) is 5.69 Å². The lowest BCUT2D eigenvalue weighted by Gasteiger charge is -2.27. The fourth-order valence-corrected chi connectivity index (χ4v) is 4.66. The highest BCUT2D eigenvalue weighted by molar-refractivity contribution is 6.51. The van der Waals surface area contributed by atoms with Crippen molar-refractivity contribution in [3.8, 4) is 0 Å². The number of carbonyl (C=O) groups excluding carboxylic acids is 2. The number of anilines is 1. The van der Waals surface area contributed by atoms with Gasteiger partial charge in [-0.25, -0.2) is 0 Å². The Hall–Kier alpha value is -3.66. The number of hydrogen-bond acceptors (Lipinski definition) is 3. The largest absolute Gasteiger partial charge is 0.507 e. The van der Waals surface area contributed by atoms with E-state index >= 15 is 0 Å². The maximum absolute atomic E-state index is 13.5. The van der Waals surface area contributed by atoms with Crippen molar-refractivity contribution in [2.75, 3.05) is 4.90 Å². The van der Waals surface area contributed by atoms with Gasteiger partial charge >= 0.3 is 0 Å². The van der Waals surface area contributed by atoms with Crippen LogP contribution in [0.5, 0.6) is 0 Å². The molecule has 1 aliphatic heterocycles. The van der Waals surface area contributed by atoms with Crippen molar-refractivity contribution in [3.05, 3.63) is 106 Å². The van der Waals surface area contributed by atoms with E-state index in [1.54, 1.807) is 0 Å². The highest BCUT2D eigenvalue weighted by atomic mass is 16.3. The predicted molar refractivity (Wildman–Crippen MR) is 146 cm³/mol. The Morgan fingerprint density at radius 2 is 1.33 bits per heavy atom. The highest BCUT2D eigenvalue weighted by Gasteiger charge is 2.47. The monoisotopic (exact) mass is 481 g/mol. The third kappa shape index (κ3) is 4.60. The molecule has 3 aromatic carbocycles. The van der Waals surface area contributed by atoms with Gasteiger partial charge in [0, 0.05) is 11.3 Å². The van der Waals surface area contributed by atoms with Gasteiger partial charge in [-0.15, -0.1) is 0 Å². The number of benzene rings is 3. The first-order chi connectivity index (χ1) is 16.8. The molecule has 1 unspecified atom stereocenters. The molecule has 186 valence electrons. The second kappa shape index (κ2) is 9.09. The van der Waals surface area contributed by atoms with Gasteiger partial charge in [-0.1, -0.05) is 96.1 Å². The number of amides is 1. The Morgan fingerprint density at radius 1 is 0.778 bits per heavy atom. The molecular formula is C32H35NO3. The molecular weight excluding hydrogens is 446 g/mol. The molecule has 0 spiro atoms. The molecule has 0 saturated carbocycles. The van der Waals surface area contributed by atoms with Crippen molar-refractivity contribution in [3.63, 3.8) is 0 Å². The van der Waals surface area contributed by atoms with Gasteiger partial charge in [0.2, 0.25) is 0 Å². The van der Waals surface area contributed by atoms with Gasteiger partial charge in [0.05, 0.1) is 11.6 Å². The summed E-state index contributed by atoms with van der Waals surface area (Å²) < 4.78 is 0. The molecule has 0 bridgehead atoms. The molecule has 4 rings (SSSR count). The summed E-state index contributed by atoms with van der Waals surface area (Å²) in [6.07, 6.45) is 0.